The van der Waals surface area contributed by atoms with E-state index in [1.807, 2.05) is 0 Å². The number of aliphatic carboxylic acids is 1. The summed E-state index contributed by atoms with van der Waals surface area (Å²) in [5, 5.41) is 8.85. The fraction of sp³-hybridized carbons (Fsp3) is 0.417. The van der Waals surface area contributed by atoms with Crippen LogP contribution >= 0.6 is 15.9 Å². The summed E-state index contributed by atoms with van der Waals surface area (Å²) >= 11 is 3.13. The highest BCUT2D eigenvalue weighted by Crippen LogP contribution is 2.41. The van der Waals surface area contributed by atoms with Crippen LogP contribution in [-0.4, -0.2) is 23.7 Å². The number of carboxylic acid groups (broad SMARTS) is 1. The lowest BCUT2D eigenvalue weighted by atomic mass is 10.1. The van der Waals surface area contributed by atoms with Crippen molar-refractivity contribution in [3.8, 4) is 0 Å². The molecule has 0 bridgehead atoms. The molecule has 0 aliphatic heterocycles. The van der Waals surface area contributed by atoms with Crippen LogP contribution in [0.25, 0.3) is 0 Å². The summed E-state index contributed by atoms with van der Waals surface area (Å²) in [6, 6.07) is 3.48. The normalized spacial score (nSPS) is 15.4. The number of hydrogen-bond donors (Lipinski definition) is 1. The van der Waals surface area contributed by atoms with Gasteiger partial charge in [0.15, 0.2) is 0 Å². The monoisotopic (exact) mass is 337 g/mol. The van der Waals surface area contributed by atoms with Gasteiger partial charge in [-0.25, -0.2) is 0 Å². The fourth-order valence-corrected chi connectivity index (χ4v) is 2.27. The molecule has 7 heteroatoms. The van der Waals surface area contributed by atoms with Gasteiger partial charge in [-0.1, -0.05) is 15.9 Å². The number of alkyl halides is 3. The predicted molar refractivity (Wildman–Crippen MR) is 67.1 cm³/mol. The Kier molecular flexibility index (Phi) is 3.75. The summed E-state index contributed by atoms with van der Waals surface area (Å²) in [6.45, 7) is -0.426. The maximum atomic E-state index is 13.0. The molecule has 1 N–H and O–H groups in total. The number of benzene rings is 1. The molecule has 0 spiro atoms. The van der Waals surface area contributed by atoms with E-state index in [1.165, 1.54) is 17.0 Å². The summed E-state index contributed by atoms with van der Waals surface area (Å²) in [7, 11) is 0. The summed E-state index contributed by atoms with van der Waals surface area (Å²) in [5.41, 5.74) is -0.879. The topological polar surface area (TPSA) is 40.5 Å². The molecule has 1 aromatic rings. The van der Waals surface area contributed by atoms with Crippen LogP contribution in [-0.2, 0) is 11.0 Å². The Morgan fingerprint density at radius 1 is 1.42 bits per heavy atom. The molecule has 1 saturated carbocycles. The molecule has 0 aromatic heterocycles. The van der Waals surface area contributed by atoms with Crippen molar-refractivity contribution in [3.05, 3.63) is 28.2 Å². The number of halogens is 4. The molecule has 1 aliphatic carbocycles. The van der Waals surface area contributed by atoms with Gasteiger partial charge in [0.1, 0.15) is 6.54 Å². The first kappa shape index (κ1) is 14.2. The molecule has 0 atom stereocenters. The van der Waals surface area contributed by atoms with Crippen LogP contribution in [0.1, 0.15) is 18.4 Å². The number of rotatable bonds is 4. The minimum absolute atomic E-state index is 0.0771. The maximum absolute atomic E-state index is 13.0. The van der Waals surface area contributed by atoms with Crippen molar-refractivity contribution in [2.45, 2.75) is 25.1 Å². The second-order valence-electron chi connectivity index (χ2n) is 4.41. The van der Waals surface area contributed by atoms with E-state index >= 15 is 0 Å². The van der Waals surface area contributed by atoms with E-state index in [4.69, 9.17) is 5.11 Å². The lowest BCUT2D eigenvalue weighted by molar-refractivity contribution is -0.138. The van der Waals surface area contributed by atoms with E-state index in [9.17, 15) is 18.0 Å². The van der Waals surface area contributed by atoms with E-state index in [-0.39, 0.29) is 11.7 Å². The second kappa shape index (κ2) is 5.03. The Balaban J connectivity index is 2.45. The maximum Gasteiger partial charge on any atom is 0.418 e. The van der Waals surface area contributed by atoms with E-state index in [1.54, 1.807) is 0 Å². The van der Waals surface area contributed by atoms with Gasteiger partial charge in [0.25, 0.3) is 0 Å². The number of hydrogen-bond acceptors (Lipinski definition) is 2. The van der Waals surface area contributed by atoms with Crippen LogP contribution in [0.3, 0.4) is 0 Å². The zero-order valence-electron chi connectivity index (χ0n) is 9.75. The largest absolute Gasteiger partial charge is 0.480 e. The van der Waals surface area contributed by atoms with Gasteiger partial charge in [-0.05, 0) is 31.0 Å². The van der Waals surface area contributed by atoms with Gasteiger partial charge in [-0.2, -0.15) is 13.2 Å². The van der Waals surface area contributed by atoms with Crippen LogP contribution in [0.2, 0.25) is 0 Å². The number of carboxylic acids is 1. The third-order valence-electron chi connectivity index (χ3n) is 2.87. The van der Waals surface area contributed by atoms with Crippen molar-refractivity contribution in [2.75, 3.05) is 11.4 Å². The zero-order valence-corrected chi connectivity index (χ0v) is 11.3. The Bertz CT molecular complexity index is 500. The standard InChI is InChI=1S/C12H11BrF3NO2/c13-7-1-4-9(12(14,15)16)10(5-7)17(6-11(18)19)8-2-3-8/h1,4-5,8H,2-3,6H2,(H,18,19). The van der Waals surface area contributed by atoms with Crippen molar-refractivity contribution in [3.63, 3.8) is 0 Å². The lowest BCUT2D eigenvalue weighted by Crippen LogP contribution is -2.33. The van der Waals surface area contributed by atoms with E-state index in [2.05, 4.69) is 15.9 Å². The highest BCUT2D eigenvalue weighted by molar-refractivity contribution is 9.10. The highest BCUT2D eigenvalue weighted by atomic mass is 79.9. The number of carbonyl (C=O) groups is 1. The molecule has 0 amide bonds. The summed E-state index contributed by atoms with van der Waals surface area (Å²) < 4.78 is 39.4. The molecule has 0 unspecified atom stereocenters. The van der Waals surface area contributed by atoms with Crippen molar-refractivity contribution < 1.29 is 23.1 Å². The fourth-order valence-electron chi connectivity index (χ4n) is 1.93. The SMILES string of the molecule is O=C(O)CN(c1cc(Br)ccc1C(F)(F)F)C1CC1. The average molecular weight is 338 g/mol. The van der Waals surface area contributed by atoms with Crippen LogP contribution in [0.4, 0.5) is 18.9 Å². The number of nitrogens with zero attached hydrogens (tertiary/aromatic N) is 1. The Hall–Kier alpha value is -1.24. The first-order valence-corrected chi connectivity index (χ1v) is 6.43. The minimum atomic E-state index is -4.50. The van der Waals surface area contributed by atoms with Crippen molar-refractivity contribution in [1.82, 2.24) is 0 Å². The highest BCUT2D eigenvalue weighted by Gasteiger charge is 2.39. The predicted octanol–water partition coefficient (Wildman–Crippen LogP) is 3.52. The van der Waals surface area contributed by atoms with Crippen LogP contribution in [0.15, 0.2) is 22.7 Å². The van der Waals surface area contributed by atoms with Crippen molar-refractivity contribution >= 4 is 27.6 Å². The van der Waals surface area contributed by atoms with E-state index < -0.39 is 24.3 Å². The summed E-state index contributed by atoms with van der Waals surface area (Å²) in [6.07, 6.45) is -3.06. The van der Waals surface area contributed by atoms with Gasteiger partial charge in [0, 0.05) is 10.5 Å². The number of anilines is 1. The van der Waals surface area contributed by atoms with Gasteiger partial charge in [-0.15, -0.1) is 0 Å². The van der Waals surface area contributed by atoms with Gasteiger partial charge < -0.3 is 10.0 Å². The molecule has 0 saturated heterocycles. The van der Waals surface area contributed by atoms with Gasteiger partial charge in [0.2, 0.25) is 0 Å². The molecular weight excluding hydrogens is 327 g/mol. The van der Waals surface area contributed by atoms with Crippen LogP contribution < -0.4 is 4.90 Å². The van der Waals surface area contributed by atoms with Crippen molar-refractivity contribution in [2.24, 2.45) is 0 Å². The molecule has 1 aliphatic rings. The van der Waals surface area contributed by atoms with Crippen LogP contribution in [0, 0.1) is 0 Å². The van der Waals surface area contributed by atoms with Gasteiger partial charge >= 0.3 is 12.1 Å². The van der Waals surface area contributed by atoms with Crippen molar-refractivity contribution in [1.29, 1.82) is 0 Å². The third kappa shape index (κ3) is 3.40. The average Bonchev–Trinajstić information content (AvgIpc) is 3.07. The lowest BCUT2D eigenvalue weighted by Gasteiger charge is -2.26. The molecule has 3 nitrogen and oxygen atoms in total. The summed E-state index contributed by atoms with van der Waals surface area (Å²) in [5.74, 6) is -1.14. The second-order valence-corrected chi connectivity index (χ2v) is 5.33. The molecule has 104 valence electrons. The zero-order chi connectivity index (χ0) is 14.2. The summed E-state index contributed by atoms with van der Waals surface area (Å²) in [4.78, 5) is 12.1. The first-order chi connectivity index (χ1) is 8.79. The van der Waals surface area contributed by atoms with E-state index in [0.717, 1.165) is 18.9 Å². The molecule has 1 aromatic carbocycles. The smallest absolute Gasteiger partial charge is 0.418 e. The molecule has 0 heterocycles. The molecule has 0 radical (unpaired) electrons. The molecule has 1 fully saturated rings. The Labute approximate surface area is 116 Å². The third-order valence-corrected chi connectivity index (χ3v) is 3.36. The first-order valence-electron chi connectivity index (χ1n) is 5.64. The quantitative estimate of drug-likeness (QED) is 0.913. The van der Waals surface area contributed by atoms with Crippen LogP contribution in [0.5, 0.6) is 0 Å². The Morgan fingerprint density at radius 2 is 2.05 bits per heavy atom. The minimum Gasteiger partial charge on any atom is -0.480 e. The molecule has 2 rings (SSSR count). The van der Waals surface area contributed by atoms with Gasteiger partial charge in [-0.3, -0.25) is 4.79 Å². The molecular formula is C12H11BrF3NO2. The van der Waals surface area contributed by atoms with Gasteiger partial charge in [0.05, 0.1) is 11.3 Å². The Morgan fingerprint density at radius 3 is 2.53 bits per heavy atom. The van der Waals surface area contributed by atoms with E-state index in [0.29, 0.717) is 4.47 Å². The molecule has 19 heavy (non-hydrogen) atoms.